The standard InChI is InChI=1S/C20H26N2O/c1-21(18-8-4-2-3-5-9-18)20(23)16-17-10-12-19(13-11-17)22-14-6-7-15-22/h6-7,10-15,18H,2-5,8-9,16H2,1H3. The largest absolute Gasteiger partial charge is 0.342 e. The van der Waals surface area contributed by atoms with E-state index in [0.717, 1.165) is 24.1 Å². The van der Waals surface area contributed by atoms with E-state index in [9.17, 15) is 4.79 Å². The summed E-state index contributed by atoms with van der Waals surface area (Å²) in [6.45, 7) is 0. The average Bonchev–Trinajstić information content (AvgIpc) is 2.97. The first kappa shape index (κ1) is 15.9. The van der Waals surface area contributed by atoms with E-state index in [2.05, 4.69) is 28.8 Å². The van der Waals surface area contributed by atoms with Gasteiger partial charge in [0.25, 0.3) is 0 Å². The molecule has 0 radical (unpaired) electrons. The van der Waals surface area contributed by atoms with Gasteiger partial charge >= 0.3 is 0 Å². The van der Waals surface area contributed by atoms with E-state index < -0.39 is 0 Å². The van der Waals surface area contributed by atoms with Gasteiger partial charge in [-0.3, -0.25) is 4.79 Å². The number of carbonyl (C=O) groups excluding carboxylic acids is 1. The van der Waals surface area contributed by atoms with E-state index in [1.54, 1.807) is 0 Å². The van der Waals surface area contributed by atoms with Crippen LogP contribution in [0.4, 0.5) is 0 Å². The number of hydrogen-bond acceptors (Lipinski definition) is 1. The summed E-state index contributed by atoms with van der Waals surface area (Å²) in [6.07, 6.45) is 12.0. The topological polar surface area (TPSA) is 25.2 Å². The fourth-order valence-corrected chi connectivity index (χ4v) is 3.44. The third-order valence-electron chi connectivity index (χ3n) is 4.96. The molecule has 0 spiro atoms. The smallest absolute Gasteiger partial charge is 0.226 e. The SMILES string of the molecule is CN(C(=O)Cc1ccc(-n2cccc2)cc1)C1CCCCCC1. The molecular formula is C20H26N2O. The summed E-state index contributed by atoms with van der Waals surface area (Å²) in [5, 5.41) is 0. The van der Waals surface area contributed by atoms with Gasteiger partial charge in [0.15, 0.2) is 0 Å². The number of hydrogen-bond donors (Lipinski definition) is 0. The molecule has 3 nitrogen and oxygen atoms in total. The zero-order valence-corrected chi connectivity index (χ0v) is 13.9. The molecule has 1 saturated carbocycles. The van der Waals surface area contributed by atoms with Crippen LogP contribution in [0, 0.1) is 0 Å². The fraction of sp³-hybridized carbons (Fsp3) is 0.450. The number of carbonyl (C=O) groups is 1. The van der Waals surface area contributed by atoms with Crippen molar-refractivity contribution in [2.45, 2.75) is 51.0 Å². The highest BCUT2D eigenvalue weighted by Crippen LogP contribution is 2.21. The normalized spacial score (nSPS) is 16.0. The van der Waals surface area contributed by atoms with Crippen LogP contribution in [-0.2, 0) is 11.2 Å². The van der Waals surface area contributed by atoms with Crippen molar-refractivity contribution in [2.24, 2.45) is 0 Å². The second-order valence-electron chi connectivity index (χ2n) is 6.58. The van der Waals surface area contributed by atoms with Gasteiger partial charge in [0.05, 0.1) is 6.42 Å². The van der Waals surface area contributed by atoms with Crippen molar-refractivity contribution in [3.63, 3.8) is 0 Å². The molecule has 1 amide bonds. The second-order valence-corrected chi connectivity index (χ2v) is 6.58. The van der Waals surface area contributed by atoms with Crippen LogP contribution in [0.25, 0.3) is 5.69 Å². The molecule has 23 heavy (non-hydrogen) atoms. The van der Waals surface area contributed by atoms with Gasteiger partial charge in [0, 0.05) is 31.2 Å². The predicted molar refractivity (Wildman–Crippen MR) is 93.7 cm³/mol. The number of amides is 1. The van der Waals surface area contributed by atoms with Gasteiger partial charge in [-0.25, -0.2) is 0 Å². The molecule has 0 atom stereocenters. The monoisotopic (exact) mass is 310 g/mol. The molecule has 0 bridgehead atoms. The van der Waals surface area contributed by atoms with Crippen molar-refractivity contribution in [1.29, 1.82) is 0 Å². The zero-order valence-electron chi connectivity index (χ0n) is 13.9. The average molecular weight is 310 g/mol. The highest BCUT2D eigenvalue weighted by atomic mass is 16.2. The Morgan fingerprint density at radius 2 is 1.65 bits per heavy atom. The van der Waals surface area contributed by atoms with Crippen LogP contribution in [0.2, 0.25) is 0 Å². The number of likely N-dealkylation sites (N-methyl/N-ethyl adjacent to an activating group) is 1. The Morgan fingerprint density at radius 3 is 2.26 bits per heavy atom. The first-order valence-corrected chi connectivity index (χ1v) is 8.72. The molecule has 0 saturated heterocycles. The molecule has 3 rings (SSSR count). The van der Waals surface area contributed by atoms with Crippen LogP contribution in [0.1, 0.15) is 44.1 Å². The molecule has 0 unspecified atom stereocenters. The maximum Gasteiger partial charge on any atom is 0.226 e. The summed E-state index contributed by atoms with van der Waals surface area (Å²) >= 11 is 0. The van der Waals surface area contributed by atoms with Crippen molar-refractivity contribution in [3.8, 4) is 5.69 Å². The first-order chi connectivity index (χ1) is 11.2. The molecule has 1 aromatic heterocycles. The third-order valence-corrected chi connectivity index (χ3v) is 4.96. The predicted octanol–water partition coefficient (Wildman–Crippen LogP) is 4.20. The minimum Gasteiger partial charge on any atom is -0.342 e. The van der Waals surface area contributed by atoms with Crippen molar-refractivity contribution >= 4 is 5.91 Å². The Bertz CT molecular complexity index is 608. The quantitative estimate of drug-likeness (QED) is 0.777. The van der Waals surface area contributed by atoms with E-state index >= 15 is 0 Å². The lowest BCUT2D eigenvalue weighted by atomic mass is 10.1. The van der Waals surface area contributed by atoms with E-state index in [1.165, 1.54) is 25.7 Å². The molecule has 0 aliphatic heterocycles. The summed E-state index contributed by atoms with van der Waals surface area (Å²) in [5.74, 6) is 0.241. The van der Waals surface area contributed by atoms with Crippen molar-refractivity contribution in [2.75, 3.05) is 7.05 Å². The summed E-state index contributed by atoms with van der Waals surface area (Å²) in [4.78, 5) is 14.5. The van der Waals surface area contributed by atoms with Gasteiger partial charge in [-0.15, -0.1) is 0 Å². The molecule has 3 heteroatoms. The molecule has 1 heterocycles. The minimum atomic E-state index is 0.241. The van der Waals surface area contributed by atoms with Gasteiger partial charge in [-0.1, -0.05) is 37.8 Å². The maximum atomic E-state index is 12.6. The number of benzene rings is 1. The summed E-state index contributed by atoms with van der Waals surface area (Å²) in [7, 11) is 1.98. The van der Waals surface area contributed by atoms with Crippen molar-refractivity contribution in [1.82, 2.24) is 9.47 Å². The van der Waals surface area contributed by atoms with E-state index in [1.807, 2.05) is 36.5 Å². The van der Waals surface area contributed by atoms with Crippen LogP contribution in [0.5, 0.6) is 0 Å². The number of aromatic nitrogens is 1. The van der Waals surface area contributed by atoms with Gasteiger partial charge in [0.2, 0.25) is 5.91 Å². The fourth-order valence-electron chi connectivity index (χ4n) is 3.44. The lowest BCUT2D eigenvalue weighted by Crippen LogP contribution is -2.37. The van der Waals surface area contributed by atoms with E-state index in [-0.39, 0.29) is 5.91 Å². The zero-order chi connectivity index (χ0) is 16.1. The van der Waals surface area contributed by atoms with Gasteiger partial charge in [-0.2, -0.15) is 0 Å². The van der Waals surface area contributed by atoms with Gasteiger partial charge in [0.1, 0.15) is 0 Å². The third kappa shape index (κ3) is 4.04. The van der Waals surface area contributed by atoms with Crippen LogP contribution in [-0.4, -0.2) is 28.5 Å². The molecule has 1 fully saturated rings. The molecule has 1 aliphatic rings. The Kier molecular flexibility index (Phi) is 5.16. The lowest BCUT2D eigenvalue weighted by Gasteiger charge is -2.27. The van der Waals surface area contributed by atoms with Gasteiger partial charge in [-0.05, 0) is 42.7 Å². The number of nitrogens with zero attached hydrogens (tertiary/aromatic N) is 2. The summed E-state index contributed by atoms with van der Waals surface area (Å²) in [5.41, 5.74) is 2.22. The Labute approximate surface area is 138 Å². The van der Waals surface area contributed by atoms with E-state index in [0.29, 0.717) is 12.5 Å². The van der Waals surface area contributed by atoms with E-state index in [4.69, 9.17) is 0 Å². The van der Waals surface area contributed by atoms with Crippen molar-refractivity contribution in [3.05, 3.63) is 54.4 Å². The molecule has 122 valence electrons. The van der Waals surface area contributed by atoms with Crippen LogP contribution in [0.15, 0.2) is 48.8 Å². The molecule has 1 aliphatic carbocycles. The Hall–Kier alpha value is -2.03. The van der Waals surface area contributed by atoms with Crippen LogP contribution >= 0.6 is 0 Å². The first-order valence-electron chi connectivity index (χ1n) is 8.72. The van der Waals surface area contributed by atoms with Crippen molar-refractivity contribution < 1.29 is 4.79 Å². The highest BCUT2D eigenvalue weighted by Gasteiger charge is 2.21. The Balaban J connectivity index is 1.60. The number of rotatable bonds is 4. The molecular weight excluding hydrogens is 284 g/mol. The minimum absolute atomic E-state index is 0.241. The molecule has 1 aromatic carbocycles. The summed E-state index contributed by atoms with van der Waals surface area (Å²) < 4.78 is 2.07. The molecule has 2 aromatic rings. The molecule has 0 N–H and O–H groups in total. The summed E-state index contributed by atoms with van der Waals surface area (Å²) in [6, 6.07) is 12.7. The van der Waals surface area contributed by atoms with Crippen LogP contribution < -0.4 is 0 Å². The lowest BCUT2D eigenvalue weighted by molar-refractivity contribution is -0.131. The Morgan fingerprint density at radius 1 is 1.04 bits per heavy atom. The highest BCUT2D eigenvalue weighted by molar-refractivity contribution is 5.78. The van der Waals surface area contributed by atoms with Gasteiger partial charge < -0.3 is 9.47 Å². The maximum absolute atomic E-state index is 12.6. The van der Waals surface area contributed by atoms with Crippen LogP contribution in [0.3, 0.4) is 0 Å². The second kappa shape index (κ2) is 7.49.